The molecule has 3 heteroatoms. The van der Waals surface area contributed by atoms with E-state index in [0.717, 1.165) is 11.4 Å². The van der Waals surface area contributed by atoms with Crippen molar-refractivity contribution in [3.63, 3.8) is 0 Å². The van der Waals surface area contributed by atoms with Crippen LogP contribution in [0.2, 0.25) is 0 Å². The zero-order valence-electron chi connectivity index (χ0n) is 7.20. The van der Waals surface area contributed by atoms with Gasteiger partial charge in [-0.2, -0.15) is 5.10 Å². The van der Waals surface area contributed by atoms with Crippen molar-refractivity contribution in [2.45, 2.75) is 6.92 Å². The van der Waals surface area contributed by atoms with Crippen LogP contribution in [0.4, 0.5) is 0 Å². The molecule has 0 spiro atoms. The van der Waals surface area contributed by atoms with Crippen molar-refractivity contribution in [1.29, 1.82) is 0 Å². The Morgan fingerprint density at radius 2 is 2.33 bits per heavy atom. The summed E-state index contributed by atoms with van der Waals surface area (Å²) >= 11 is 0. The van der Waals surface area contributed by atoms with Crippen LogP contribution in [-0.4, -0.2) is 14.8 Å². The second-order valence-electron chi connectivity index (χ2n) is 2.93. The first-order valence-electron chi connectivity index (χ1n) is 3.91. The molecule has 0 aliphatic heterocycles. The van der Waals surface area contributed by atoms with Gasteiger partial charge in [0.05, 0.1) is 11.4 Å². The first-order valence-corrected chi connectivity index (χ1v) is 3.91. The molecule has 0 saturated carbocycles. The molecular formula is C9H11N3. The van der Waals surface area contributed by atoms with E-state index in [1.807, 2.05) is 24.0 Å². The Balaban J connectivity index is 2.50. The highest BCUT2D eigenvalue weighted by atomic mass is 15.3. The molecule has 0 bridgehead atoms. The van der Waals surface area contributed by atoms with Gasteiger partial charge >= 0.3 is 0 Å². The van der Waals surface area contributed by atoms with E-state index in [9.17, 15) is 0 Å². The molecule has 0 aliphatic rings. The molecule has 0 saturated heterocycles. The molecule has 0 atom stereocenters. The van der Waals surface area contributed by atoms with E-state index in [4.69, 9.17) is 0 Å². The Bertz CT molecular complexity index is 384. The highest BCUT2D eigenvalue weighted by Gasteiger charge is 2.02. The van der Waals surface area contributed by atoms with Crippen molar-refractivity contribution in [3.05, 3.63) is 30.1 Å². The van der Waals surface area contributed by atoms with Crippen molar-refractivity contribution in [2.24, 2.45) is 7.05 Å². The minimum atomic E-state index is 1.11. The summed E-state index contributed by atoms with van der Waals surface area (Å²) in [6, 6.07) is 4.10. The number of nitrogens with one attached hydrogen (secondary N) is 1. The van der Waals surface area contributed by atoms with Gasteiger partial charge in [-0.05, 0) is 24.6 Å². The molecule has 2 heterocycles. The summed E-state index contributed by atoms with van der Waals surface area (Å²) in [5, 5.41) is 4.10. The number of rotatable bonds is 1. The lowest BCUT2D eigenvalue weighted by atomic mass is 10.3. The first kappa shape index (κ1) is 7.16. The molecule has 0 amide bonds. The first-order chi connectivity index (χ1) is 5.77. The largest absolute Gasteiger partial charge is 0.360 e. The van der Waals surface area contributed by atoms with Gasteiger partial charge in [0.15, 0.2) is 0 Å². The Labute approximate surface area is 71.0 Å². The molecule has 0 fully saturated rings. The van der Waals surface area contributed by atoms with E-state index in [1.54, 1.807) is 6.20 Å². The average Bonchev–Trinajstić information content (AvgIpc) is 2.58. The smallest absolute Gasteiger partial charge is 0.0841 e. The van der Waals surface area contributed by atoms with Crippen LogP contribution >= 0.6 is 0 Å². The normalized spacial score (nSPS) is 10.5. The third kappa shape index (κ3) is 1.03. The molecule has 62 valence electrons. The SMILES string of the molecule is Cc1c[nH]c(-c2ccnn2C)c1. The predicted molar refractivity (Wildman–Crippen MR) is 47.7 cm³/mol. The van der Waals surface area contributed by atoms with Crippen molar-refractivity contribution in [1.82, 2.24) is 14.8 Å². The fourth-order valence-corrected chi connectivity index (χ4v) is 1.29. The predicted octanol–water partition coefficient (Wildman–Crippen LogP) is 1.72. The van der Waals surface area contributed by atoms with Crippen LogP contribution in [0.1, 0.15) is 5.56 Å². The maximum absolute atomic E-state index is 4.10. The van der Waals surface area contributed by atoms with Gasteiger partial charge in [-0.3, -0.25) is 4.68 Å². The van der Waals surface area contributed by atoms with Gasteiger partial charge in [0.2, 0.25) is 0 Å². The van der Waals surface area contributed by atoms with Gasteiger partial charge in [-0.25, -0.2) is 0 Å². The highest BCUT2D eigenvalue weighted by molar-refractivity contribution is 5.55. The van der Waals surface area contributed by atoms with Crippen LogP contribution in [0.3, 0.4) is 0 Å². The van der Waals surface area contributed by atoms with Gasteiger partial charge < -0.3 is 4.98 Å². The molecule has 3 nitrogen and oxygen atoms in total. The third-order valence-electron chi connectivity index (χ3n) is 1.92. The topological polar surface area (TPSA) is 33.6 Å². The van der Waals surface area contributed by atoms with Gasteiger partial charge in [0.1, 0.15) is 0 Å². The van der Waals surface area contributed by atoms with Crippen LogP contribution in [0.25, 0.3) is 11.4 Å². The van der Waals surface area contributed by atoms with E-state index < -0.39 is 0 Å². The summed E-state index contributed by atoms with van der Waals surface area (Å²) in [6.45, 7) is 2.07. The molecule has 2 aromatic heterocycles. The van der Waals surface area contributed by atoms with E-state index in [2.05, 4.69) is 23.1 Å². The molecule has 1 N–H and O–H groups in total. The molecule has 2 aromatic rings. The van der Waals surface area contributed by atoms with Crippen LogP contribution in [0.15, 0.2) is 24.5 Å². The zero-order valence-corrected chi connectivity index (χ0v) is 7.20. The summed E-state index contributed by atoms with van der Waals surface area (Å²) in [5.41, 5.74) is 3.47. The van der Waals surface area contributed by atoms with Crippen LogP contribution < -0.4 is 0 Å². The number of H-pyrrole nitrogens is 1. The number of aryl methyl sites for hydroxylation is 2. The summed E-state index contributed by atoms with van der Waals surface area (Å²) in [6.07, 6.45) is 3.79. The van der Waals surface area contributed by atoms with E-state index in [1.165, 1.54) is 5.56 Å². The second kappa shape index (κ2) is 2.52. The van der Waals surface area contributed by atoms with Crippen molar-refractivity contribution < 1.29 is 0 Å². The molecule has 2 rings (SSSR count). The zero-order chi connectivity index (χ0) is 8.55. The lowest BCUT2D eigenvalue weighted by molar-refractivity contribution is 0.774. The Morgan fingerprint density at radius 3 is 2.83 bits per heavy atom. The lowest BCUT2D eigenvalue weighted by Crippen LogP contribution is -1.92. The Morgan fingerprint density at radius 1 is 1.50 bits per heavy atom. The molecule has 0 unspecified atom stereocenters. The standard InChI is InChI=1S/C9H11N3/c1-7-5-8(10-6-7)9-3-4-11-12(9)2/h3-6,10H,1-2H3. The van der Waals surface area contributed by atoms with Gasteiger partial charge in [0, 0.05) is 19.4 Å². The minimum Gasteiger partial charge on any atom is -0.360 e. The third-order valence-corrected chi connectivity index (χ3v) is 1.92. The van der Waals surface area contributed by atoms with Gasteiger partial charge in [-0.1, -0.05) is 0 Å². The fraction of sp³-hybridized carbons (Fsp3) is 0.222. The lowest BCUT2D eigenvalue weighted by Gasteiger charge is -1.96. The summed E-state index contributed by atoms with van der Waals surface area (Å²) < 4.78 is 1.85. The average molecular weight is 161 g/mol. The van der Waals surface area contributed by atoms with Crippen molar-refractivity contribution >= 4 is 0 Å². The molecule has 0 radical (unpaired) electrons. The maximum atomic E-state index is 4.10. The van der Waals surface area contributed by atoms with E-state index in [-0.39, 0.29) is 0 Å². The number of hydrogen-bond donors (Lipinski definition) is 1. The van der Waals surface area contributed by atoms with Crippen LogP contribution in [-0.2, 0) is 7.05 Å². The van der Waals surface area contributed by atoms with Gasteiger partial charge in [0.25, 0.3) is 0 Å². The van der Waals surface area contributed by atoms with Crippen LogP contribution in [0, 0.1) is 6.92 Å². The van der Waals surface area contributed by atoms with E-state index >= 15 is 0 Å². The Hall–Kier alpha value is -1.51. The summed E-state index contributed by atoms with van der Waals surface area (Å²) in [5.74, 6) is 0. The van der Waals surface area contributed by atoms with Crippen LogP contribution in [0.5, 0.6) is 0 Å². The monoisotopic (exact) mass is 161 g/mol. The van der Waals surface area contributed by atoms with Gasteiger partial charge in [-0.15, -0.1) is 0 Å². The Kier molecular flexibility index (Phi) is 1.50. The summed E-state index contributed by atoms with van der Waals surface area (Å²) in [7, 11) is 1.94. The number of nitrogens with zero attached hydrogens (tertiary/aromatic N) is 2. The molecule has 0 aromatic carbocycles. The quantitative estimate of drug-likeness (QED) is 0.678. The molecular weight excluding hydrogens is 150 g/mol. The molecule has 0 aliphatic carbocycles. The minimum absolute atomic E-state index is 1.11. The highest BCUT2D eigenvalue weighted by Crippen LogP contribution is 2.16. The number of aromatic amines is 1. The molecule has 12 heavy (non-hydrogen) atoms. The second-order valence-corrected chi connectivity index (χ2v) is 2.93. The maximum Gasteiger partial charge on any atom is 0.0841 e. The fourth-order valence-electron chi connectivity index (χ4n) is 1.29. The number of aromatic nitrogens is 3. The van der Waals surface area contributed by atoms with E-state index in [0.29, 0.717) is 0 Å². The number of hydrogen-bond acceptors (Lipinski definition) is 1. The van der Waals surface area contributed by atoms with Crippen molar-refractivity contribution in [2.75, 3.05) is 0 Å². The summed E-state index contributed by atoms with van der Waals surface area (Å²) in [4.78, 5) is 3.19. The van der Waals surface area contributed by atoms with Crippen molar-refractivity contribution in [3.8, 4) is 11.4 Å².